The van der Waals surface area contributed by atoms with E-state index in [2.05, 4.69) is 18.7 Å². The largest absolute Gasteiger partial charge is 0.328 e. The van der Waals surface area contributed by atoms with Gasteiger partial charge >= 0.3 is 0 Å². The Balaban J connectivity index is 2.08. The van der Waals surface area contributed by atoms with E-state index in [1.54, 1.807) is 0 Å². The molecule has 3 atom stereocenters. The Morgan fingerprint density at radius 2 is 2.00 bits per heavy atom. The van der Waals surface area contributed by atoms with Crippen molar-refractivity contribution < 1.29 is 4.79 Å². The maximum atomic E-state index is 12.2. The molecule has 92 valence electrons. The highest BCUT2D eigenvalue weighted by molar-refractivity contribution is 8.13. The Morgan fingerprint density at radius 1 is 1.25 bits per heavy atom. The van der Waals surface area contributed by atoms with Crippen molar-refractivity contribution in [3.63, 3.8) is 0 Å². The van der Waals surface area contributed by atoms with Crippen LogP contribution in [0.3, 0.4) is 0 Å². The molecule has 1 saturated heterocycles. The van der Waals surface area contributed by atoms with Crippen molar-refractivity contribution in [2.45, 2.75) is 64.5 Å². The molecule has 0 spiro atoms. The molecule has 0 bridgehead atoms. The summed E-state index contributed by atoms with van der Waals surface area (Å²) in [4.78, 5) is 14.4. The molecule has 2 aliphatic rings. The van der Waals surface area contributed by atoms with Gasteiger partial charge in [0.15, 0.2) is 0 Å². The van der Waals surface area contributed by atoms with Crippen molar-refractivity contribution >= 4 is 17.0 Å². The van der Waals surface area contributed by atoms with E-state index >= 15 is 0 Å². The summed E-state index contributed by atoms with van der Waals surface area (Å²) in [5, 5.41) is 0.326. The number of hydrogen-bond donors (Lipinski definition) is 0. The van der Waals surface area contributed by atoms with Gasteiger partial charge in [-0.2, -0.15) is 0 Å². The minimum Gasteiger partial charge on any atom is -0.328 e. The van der Waals surface area contributed by atoms with Gasteiger partial charge in [0.05, 0.1) is 0 Å². The zero-order valence-electron chi connectivity index (χ0n) is 10.4. The average Bonchev–Trinajstić information content (AvgIpc) is 2.29. The molecule has 2 fully saturated rings. The Labute approximate surface area is 103 Å². The number of fused-ring (bicyclic) bond motifs is 1. The molecule has 1 saturated carbocycles. The summed E-state index contributed by atoms with van der Waals surface area (Å²) in [5.41, 5.74) is 0. The van der Waals surface area contributed by atoms with Crippen molar-refractivity contribution in [3.8, 4) is 0 Å². The second-order valence-corrected chi connectivity index (χ2v) is 6.36. The van der Waals surface area contributed by atoms with Crippen LogP contribution < -0.4 is 0 Å². The average molecular weight is 241 g/mol. The van der Waals surface area contributed by atoms with Crippen molar-refractivity contribution in [1.29, 1.82) is 0 Å². The first-order valence-electron chi connectivity index (χ1n) is 6.69. The Hall–Kier alpha value is -0.180. The molecule has 1 amide bonds. The van der Waals surface area contributed by atoms with Gasteiger partial charge in [-0.05, 0) is 44.3 Å². The fourth-order valence-corrected chi connectivity index (χ4v) is 4.04. The summed E-state index contributed by atoms with van der Waals surface area (Å²) in [7, 11) is 0. The molecule has 0 radical (unpaired) electrons. The van der Waals surface area contributed by atoms with Gasteiger partial charge in [0, 0.05) is 12.1 Å². The van der Waals surface area contributed by atoms with Gasteiger partial charge in [-0.3, -0.25) is 4.79 Å². The molecule has 0 aromatic heterocycles. The monoisotopic (exact) mass is 241 g/mol. The second-order valence-electron chi connectivity index (χ2n) is 5.14. The van der Waals surface area contributed by atoms with Gasteiger partial charge in [0.1, 0.15) is 0 Å². The van der Waals surface area contributed by atoms with Crippen LogP contribution in [0.25, 0.3) is 0 Å². The number of hydrogen-bond acceptors (Lipinski definition) is 2. The van der Waals surface area contributed by atoms with Crippen molar-refractivity contribution in [3.05, 3.63) is 0 Å². The molecule has 3 heteroatoms. The first kappa shape index (κ1) is 12.3. The van der Waals surface area contributed by atoms with Crippen molar-refractivity contribution in [1.82, 2.24) is 4.90 Å². The summed E-state index contributed by atoms with van der Waals surface area (Å²) < 4.78 is 0. The summed E-state index contributed by atoms with van der Waals surface area (Å²) in [6.45, 7) is 4.29. The van der Waals surface area contributed by atoms with Crippen LogP contribution in [0.2, 0.25) is 0 Å². The number of likely N-dealkylation sites (tertiary alicyclic amines) is 1. The fraction of sp³-hybridized carbons (Fsp3) is 0.923. The van der Waals surface area contributed by atoms with E-state index in [4.69, 9.17) is 0 Å². The van der Waals surface area contributed by atoms with Gasteiger partial charge < -0.3 is 4.90 Å². The van der Waals surface area contributed by atoms with E-state index in [1.165, 1.54) is 50.3 Å². The van der Waals surface area contributed by atoms with Crippen LogP contribution in [0.15, 0.2) is 0 Å². The van der Waals surface area contributed by atoms with Crippen LogP contribution in [0, 0.1) is 5.92 Å². The van der Waals surface area contributed by atoms with E-state index in [0.29, 0.717) is 17.3 Å². The van der Waals surface area contributed by atoms with Crippen molar-refractivity contribution in [2.75, 3.05) is 5.75 Å². The van der Waals surface area contributed by atoms with E-state index in [-0.39, 0.29) is 0 Å². The number of rotatable bonds is 1. The number of carbonyl (C=O) groups is 1. The molecule has 2 rings (SSSR count). The standard InChI is InChI=1S/C13H23NOS/c1-3-16-13(15)14-10(2)8-9-11-6-4-5-7-12(11)14/h10-12H,3-9H2,1-2H3. The maximum absolute atomic E-state index is 12.2. The molecule has 0 N–H and O–H groups in total. The lowest BCUT2D eigenvalue weighted by Crippen LogP contribution is -2.52. The number of amides is 1. The summed E-state index contributed by atoms with van der Waals surface area (Å²) >= 11 is 1.48. The lowest BCUT2D eigenvalue weighted by Gasteiger charge is -2.47. The van der Waals surface area contributed by atoms with Crippen LogP contribution in [-0.4, -0.2) is 28.0 Å². The molecule has 16 heavy (non-hydrogen) atoms. The molecule has 2 nitrogen and oxygen atoms in total. The van der Waals surface area contributed by atoms with E-state index in [9.17, 15) is 4.79 Å². The molecule has 0 aromatic carbocycles. The minimum atomic E-state index is 0.326. The third kappa shape index (κ3) is 2.39. The third-order valence-corrected chi connectivity index (χ3v) is 4.88. The lowest BCUT2D eigenvalue weighted by molar-refractivity contribution is 0.0625. The van der Waals surface area contributed by atoms with Gasteiger partial charge in [0.2, 0.25) is 0 Å². The zero-order valence-corrected chi connectivity index (χ0v) is 11.3. The Bertz CT molecular complexity index is 256. The van der Waals surface area contributed by atoms with Crippen molar-refractivity contribution in [2.24, 2.45) is 5.92 Å². The lowest BCUT2D eigenvalue weighted by atomic mass is 9.77. The Morgan fingerprint density at radius 3 is 2.75 bits per heavy atom. The first-order valence-corrected chi connectivity index (χ1v) is 7.67. The highest BCUT2D eigenvalue weighted by Gasteiger charge is 2.38. The predicted molar refractivity (Wildman–Crippen MR) is 69.8 cm³/mol. The van der Waals surface area contributed by atoms with Gasteiger partial charge in [-0.25, -0.2) is 0 Å². The number of piperidine rings is 1. The number of carbonyl (C=O) groups excluding carboxylic acids is 1. The first-order chi connectivity index (χ1) is 7.74. The van der Waals surface area contributed by atoms with Gasteiger partial charge in [0.25, 0.3) is 5.24 Å². The minimum absolute atomic E-state index is 0.326. The van der Waals surface area contributed by atoms with Crippen LogP contribution in [0.1, 0.15) is 52.4 Å². The van der Waals surface area contributed by atoms with E-state index < -0.39 is 0 Å². The number of thioether (sulfide) groups is 1. The smallest absolute Gasteiger partial charge is 0.282 e. The molecular formula is C13H23NOS. The topological polar surface area (TPSA) is 20.3 Å². The van der Waals surface area contributed by atoms with Gasteiger partial charge in [-0.1, -0.05) is 31.5 Å². The molecule has 1 aliphatic carbocycles. The second kappa shape index (κ2) is 5.44. The zero-order chi connectivity index (χ0) is 11.5. The van der Waals surface area contributed by atoms with Crippen LogP contribution >= 0.6 is 11.8 Å². The maximum Gasteiger partial charge on any atom is 0.282 e. The summed E-state index contributed by atoms with van der Waals surface area (Å²) in [6.07, 6.45) is 7.82. The summed E-state index contributed by atoms with van der Waals surface area (Å²) in [6, 6.07) is 1.02. The molecule has 3 unspecified atom stereocenters. The van der Waals surface area contributed by atoms with Crippen LogP contribution in [0.4, 0.5) is 4.79 Å². The normalized spacial score (nSPS) is 34.6. The van der Waals surface area contributed by atoms with E-state index in [0.717, 1.165) is 11.7 Å². The Kier molecular flexibility index (Phi) is 4.17. The number of nitrogens with zero attached hydrogens (tertiary/aromatic N) is 1. The van der Waals surface area contributed by atoms with Gasteiger partial charge in [-0.15, -0.1) is 0 Å². The predicted octanol–water partition coefficient (Wildman–Crippen LogP) is 3.90. The fourth-order valence-electron chi connectivity index (χ4n) is 3.33. The molecule has 1 aliphatic heterocycles. The van der Waals surface area contributed by atoms with Crippen LogP contribution in [0.5, 0.6) is 0 Å². The highest BCUT2D eigenvalue weighted by atomic mass is 32.2. The highest BCUT2D eigenvalue weighted by Crippen LogP contribution is 2.38. The summed E-state index contributed by atoms with van der Waals surface area (Å²) in [5.74, 6) is 1.70. The third-order valence-electron chi connectivity index (χ3n) is 4.13. The van der Waals surface area contributed by atoms with Crippen LogP contribution in [-0.2, 0) is 0 Å². The van der Waals surface area contributed by atoms with E-state index in [1.807, 2.05) is 0 Å². The quantitative estimate of drug-likeness (QED) is 0.694. The molecule has 1 heterocycles. The molecular weight excluding hydrogens is 218 g/mol. The SMILES string of the molecule is CCSC(=O)N1C(C)CCC2CCCCC21. The molecule has 0 aromatic rings.